The van der Waals surface area contributed by atoms with Gasteiger partial charge in [0.05, 0.1) is 22.2 Å². The van der Waals surface area contributed by atoms with Crippen LogP contribution in [0.4, 0.5) is 0 Å². The average Bonchev–Trinajstić information content (AvgIpc) is 2.24. The lowest BCUT2D eigenvalue weighted by molar-refractivity contribution is 0.134. The molecule has 6 heteroatoms. The van der Waals surface area contributed by atoms with Gasteiger partial charge in [0.25, 0.3) is 0 Å². The molecule has 0 aliphatic rings. The molecule has 0 spiro atoms. The summed E-state index contributed by atoms with van der Waals surface area (Å²) >= 11 is 17.9. The van der Waals surface area contributed by atoms with Crippen molar-refractivity contribution in [3.05, 3.63) is 32.8 Å². The first-order chi connectivity index (χ1) is 7.49. The van der Waals surface area contributed by atoms with E-state index in [1.54, 1.807) is 12.1 Å². The van der Waals surface area contributed by atoms with E-state index >= 15 is 0 Å². The van der Waals surface area contributed by atoms with E-state index < -0.39 is 12.1 Å². The minimum absolute atomic E-state index is 0. The summed E-state index contributed by atoms with van der Waals surface area (Å²) in [5.41, 5.74) is 6.43. The third kappa shape index (κ3) is 4.16. The Bertz CT molecular complexity index is 373. The normalized spacial score (nSPS) is 14.0. The number of benzene rings is 1. The maximum atomic E-state index is 9.83. The van der Waals surface area contributed by atoms with E-state index in [0.717, 1.165) is 6.42 Å². The second-order valence-electron chi connectivity index (χ2n) is 3.64. The molecule has 0 aliphatic heterocycles. The fourth-order valence-corrected chi connectivity index (χ4v) is 2.30. The average molecular weight is 319 g/mol. The van der Waals surface area contributed by atoms with Gasteiger partial charge in [-0.25, -0.2) is 0 Å². The summed E-state index contributed by atoms with van der Waals surface area (Å²) in [4.78, 5) is 0. The van der Waals surface area contributed by atoms with Gasteiger partial charge in [0.2, 0.25) is 0 Å². The van der Waals surface area contributed by atoms with Gasteiger partial charge in [-0.15, -0.1) is 12.4 Å². The Morgan fingerprint density at radius 2 is 1.76 bits per heavy atom. The minimum atomic E-state index is -0.668. The molecule has 1 rings (SSSR count). The number of aliphatic hydroxyl groups is 1. The van der Waals surface area contributed by atoms with E-state index in [2.05, 4.69) is 0 Å². The second-order valence-corrected chi connectivity index (χ2v) is 4.83. The van der Waals surface area contributed by atoms with E-state index in [1.807, 2.05) is 6.92 Å². The molecular weight excluding hydrogens is 304 g/mol. The standard InChI is InChI=1S/C11H14Cl3NO.ClH/c1-2-3-8(16)11(15)9-6(12)4-5-7(13)10(9)14;/h4-5,8,11,16H,2-3,15H2,1H3;1H/t8-,11-;/m1./s1. The van der Waals surface area contributed by atoms with Gasteiger partial charge in [0.1, 0.15) is 0 Å². The van der Waals surface area contributed by atoms with E-state index in [9.17, 15) is 5.11 Å². The summed E-state index contributed by atoms with van der Waals surface area (Å²) in [5.74, 6) is 0. The maximum Gasteiger partial charge on any atom is 0.0733 e. The maximum absolute atomic E-state index is 9.83. The Balaban J connectivity index is 0.00000256. The number of halogens is 4. The number of hydrogen-bond acceptors (Lipinski definition) is 2. The predicted octanol–water partition coefficient (Wildman–Crippen LogP) is 4.23. The minimum Gasteiger partial charge on any atom is -0.391 e. The van der Waals surface area contributed by atoms with Crippen molar-refractivity contribution in [2.75, 3.05) is 0 Å². The molecule has 0 heterocycles. The molecule has 2 atom stereocenters. The second kappa shape index (κ2) is 7.67. The van der Waals surface area contributed by atoms with Crippen LogP contribution in [0.5, 0.6) is 0 Å². The fraction of sp³-hybridized carbons (Fsp3) is 0.455. The Labute approximate surface area is 122 Å². The van der Waals surface area contributed by atoms with Crippen LogP contribution < -0.4 is 5.73 Å². The zero-order chi connectivity index (χ0) is 12.3. The predicted molar refractivity (Wildman–Crippen MR) is 76.6 cm³/mol. The monoisotopic (exact) mass is 317 g/mol. The van der Waals surface area contributed by atoms with Crippen LogP contribution in [0.15, 0.2) is 12.1 Å². The first-order valence-corrected chi connectivity index (χ1v) is 6.19. The van der Waals surface area contributed by atoms with Crippen LogP contribution in [0.25, 0.3) is 0 Å². The number of rotatable bonds is 4. The highest BCUT2D eigenvalue weighted by atomic mass is 35.5. The lowest BCUT2D eigenvalue weighted by Crippen LogP contribution is -2.26. The molecule has 0 bridgehead atoms. The van der Waals surface area contributed by atoms with Crippen molar-refractivity contribution in [1.82, 2.24) is 0 Å². The van der Waals surface area contributed by atoms with Crippen LogP contribution in [0.2, 0.25) is 15.1 Å². The van der Waals surface area contributed by atoms with Gasteiger partial charge in [0, 0.05) is 10.6 Å². The van der Waals surface area contributed by atoms with Gasteiger partial charge in [0.15, 0.2) is 0 Å². The zero-order valence-corrected chi connectivity index (χ0v) is 12.4. The third-order valence-electron chi connectivity index (χ3n) is 2.41. The molecule has 0 radical (unpaired) electrons. The van der Waals surface area contributed by atoms with Crippen LogP contribution in [0.3, 0.4) is 0 Å². The fourth-order valence-electron chi connectivity index (χ4n) is 1.52. The molecule has 0 aliphatic carbocycles. The molecule has 0 unspecified atom stereocenters. The van der Waals surface area contributed by atoms with Gasteiger partial charge in [-0.2, -0.15) is 0 Å². The summed E-state index contributed by atoms with van der Waals surface area (Å²) in [6.45, 7) is 1.97. The van der Waals surface area contributed by atoms with Gasteiger partial charge in [-0.3, -0.25) is 0 Å². The topological polar surface area (TPSA) is 46.2 Å². The van der Waals surface area contributed by atoms with E-state index in [4.69, 9.17) is 40.5 Å². The van der Waals surface area contributed by atoms with Crippen molar-refractivity contribution in [3.8, 4) is 0 Å². The van der Waals surface area contributed by atoms with Crippen molar-refractivity contribution in [2.45, 2.75) is 31.9 Å². The van der Waals surface area contributed by atoms with E-state index in [-0.39, 0.29) is 12.4 Å². The molecule has 2 nitrogen and oxygen atoms in total. The van der Waals surface area contributed by atoms with Crippen molar-refractivity contribution < 1.29 is 5.11 Å². The molecule has 0 fully saturated rings. The summed E-state index contributed by atoms with van der Waals surface area (Å²) < 4.78 is 0. The van der Waals surface area contributed by atoms with Gasteiger partial charge in [-0.05, 0) is 18.6 Å². The molecule has 1 aromatic rings. The molecule has 1 aromatic carbocycles. The summed E-state index contributed by atoms with van der Waals surface area (Å²) in [6, 6.07) is 2.62. The zero-order valence-electron chi connectivity index (χ0n) is 9.29. The molecule has 98 valence electrons. The highest BCUT2D eigenvalue weighted by molar-refractivity contribution is 6.44. The summed E-state index contributed by atoms with van der Waals surface area (Å²) in [7, 11) is 0. The van der Waals surface area contributed by atoms with Gasteiger partial charge < -0.3 is 10.8 Å². The number of hydrogen-bond donors (Lipinski definition) is 2. The van der Waals surface area contributed by atoms with Crippen LogP contribution in [0.1, 0.15) is 31.4 Å². The molecule has 0 saturated heterocycles. The first-order valence-electron chi connectivity index (χ1n) is 5.06. The summed E-state index contributed by atoms with van der Waals surface area (Å²) in [6.07, 6.45) is 0.767. The Kier molecular flexibility index (Phi) is 7.81. The van der Waals surface area contributed by atoms with Crippen molar-refractivity contribution in [1.29, 1.82) is 0 Å². The molecule has 0 saturated carbocycles. The van der Waals surface area contributed by atoms with E-state index in [1.165, 1.54) is 0 Å². The van der Waals surface area contributed by atoms with Crippen LogP contribution in [0, 0.1) is 0 Å². The molecular formula is C11H15Cl4NO. The lowest BCUT2D eigenvalue weighted by Gasteiger charge is -2.21. The smallest absolute Gasteiger partial charge is 0.0733 e. The Morgan fingerprint density at radius 1 is 1.24 bits per heavy atom. The molecule has 0 aromatic heterocycles. The van der Waals surface area contributed by atoms with Gasteiger partial charge in [-0.1, -0.05) is 48.1 Å². The van der Waals surface area contributed by atoms with Crippen molar-refractivity contribution in [2.24, 2.45) is 5.73 Å². The molecule has 17 heavy (non-hydrogen) atoms. The van der Waals surface area contributed by atoms with E-state index in [0.29, 0.717) is 27.1 Å². The molecule has 0 amide bonds. The van der Waals surface area contributed by atoms with Crippen LogP contribution >= 0.6 is 47.2 Å². The van der Waals surface area contributed by atoms with Crippen LogP contribution in [-0.2, 0) is 0 Å². The number of nitrogens with two attached hydrogens (primary N) is 1. The SMILES string of the molecule is CCC[C@@H](O)[C@@H](N)c1c(Cl)ccc(Cl)c1Cl.Cl. The van der Waals surface area contributed by atoms with Crippen LogP contribution in [-0.4, -0.2) is 11.2 Å². The first kappa shape index (κ1) is 17.3. The third-order valence-corrected chi connectivity index (χ3v) is 3.56. The lowest BCUT2D eigenvalue weighted by atomic mass is 9.99. The van der Waals surface area contributed by atoms with Gasteiger partial charge >= 0.3 is 0 Å². The highest BCUT2D eigenvalue weighted by Crippen LogP contribution is 2.36. The summed E-state index contributed by atoms with van der Waals surface area (Å²) in [5, 5.41) is 11.0. The quantitative estimate of drug-likeness (QED) is 0.816. The highest BCUT2D eigenvalue weighted by Gasteiger charge is 2.22. The Morgan fingerprint density at radius 3 is 2.29 bits per heavy atom. The largest absolute Gasteiger partial charge is 0.391 e. The van der Waals surface area contributed by atoms with Crippen molar-refractivity contribution in [3.63, 3.8) is 0 Å². The van der Waals surface area contributed by atoms with Crippen molar-refractivity contribution >= 4 is 47.2 Å². The molecule has 3 N–H and O–H groups in total. The Hall–Kier alpha value is 0.300. The number of aliphatic hydroxyl groups excluding tert-OH is 1.